The fourth-order valence-corrected chi connectivity index (χ4v) is 3.48. The third-order valence-electron chi connectivity index (χ3n) is 3.43. The summed E-state index contributed by atoms with van der Waals surface area (Å²) in [5.74, 6) is -1.15. The molecule has 106 valence electrons. The topological polar surface area (TPSA) is 0 Å². The minimum atomic E-state index is -0.583. The highest BCUT2D eigenvalue weighted by Crippen LogP contribution is 2.39. The first-order chi connectivity index (χ1) is 10.1. The van der Waals surface area contributed by atoms with Crippen molar-refractivity contribution in [2.75, 3.05) is 0 Å². The van der Waals surface area contributed by atoms with Gasteiger partial charge in [0.15, 0.2) is 0 Å². The zero-order valence-electron chi connectivity index (χ0n) is 10.8. The summed E-state index contributed by atoms with van der Waals surface area (Å²) in [7, 11) is 0. The maximum atomic E-state index is 14.0. The molecular weight excluding hydrogens is 358 g/mol. The molecule has 0 aromatic heterocycles. The first-order valence-electron chi connectivity index (χ1n) is 6.34. The van der Waals surface area contributed by atoms with Crippen LogP contribution in [0.1, 0.15) is 16.0 Å². The predicted molar refractivity (Wildman–Crippen MR) is 86.1 cm³/mol. The fraction of sp³-hybridized carbons (Fsp3) is 0.0588. The third kappa shape index (κ3) is 2.56. The molecule has 3 aromatic carbocycles. The molecule has 0 saturated heterocycles. The van der Waals surface area contributed by atoms with Crippen molar-refractivity contribution in [3.8, 4) is 0 Å². The molecule has 4 heteroatoms. The summed E-state index contributed by atoms with van der Waals surface area (Å²) in [5.41, 5.74) is 0.781. The van der Waals surface area contributed by atoms with E-state index in [-0.39, 0.29) is 5.56 Å². The molecule has 0 heterocycles. The molecule has 3 rings (SSSR count). The van der Waals surface area contributed by atoms with E-state index in [4.69, 9.17) is 11.6 Å². The molecule has 3 aromatic rings. The quantitative estimate of drug-likeness (QED) is 0.469. The van der Waals surface area contributed by atoms with Crippen molar-refractivity contribution < 1.29 is 8.78 Å². The van der Waals surface area contributed by atoms with Gasteiger partial charge in [-0.15, -0.1) is 0 Å². The van der Waals surface area contributed by atoms with Gasteiger partial charge >= 0.3 is 0 Å². The van der Waals surface area contributed by atoms with Crippen LogP contribution in [0.15, 0.2) is 54.6 Å². The lowest BCUT2D eigenvalue weighted by Gasteiger charge is -2.16. The molecule has 0 amide bonds. The number of rotatable bonds is 2. The lowest BCUT2D eigenvalue weighted by atomic mass is 9.97. The first kappa shape index (κ1) is 14.5. The van der Waals surface area contributed by atoms with Gasteiger partial charge in [-0.3, -0.25) is 0 Å². The van der Waals surface area contributed by atoms with Crippen LogP contribution in [0.5, 0.6) is 0 Å². The van der Waals surface area contributed by atoms with Crippen molar-refractivity contribution in [1.82, 2.24) is 0 Å². The highest BCUT2D eigenvalue weighted by molar-refractivity contribution is 9.09. The standard InChI is InChI=1S/C17H10BrClF2/c18-17(16-14(20)6-3-7-15(16)21)12-8-9-13(19)11-5-2-1-4-10(11)12/h1-9,17H. The van der Waals surface area contributed by atoms with Crippen LogP contribution in [-0.4, -0.2) is 0 Å². The van der Waals surface area contributed by atoms with Crippen LogP contribution in [-0.2, 0) is 0 Å². The number of fused-ring (bicyclic) bond motifs is 1. The van der Waals surface area contributed by atoms with Gasteiger partial charge in [0.1, 0.15) is 11.6 Å². The zero-order valence-corrected chi connectivity index (χ0v) is 13.1. The summed E-state index contributed by atoms with van der Waals surface area (Å²) in [4.78, 5) is -0.583. The van der Waals surface area contributed by atoms with Gasteiger partial charge in [-0.1, -0.05) is 63.9 Å². The van der Waals surface area contributed by atoms with Crippen LogP contribution in [0.4, 0.5) is 8.78 Å². The van der Waals surface area contributed by atoms with Crippen LogP contribution in [0.3, 0.4) is 0 Å². The van der Waals surface area contributed by atoms with Gasteiger partial charge < -0.3 is 0 Å². The molecule has 1 atom stereocenters. The summed E-state index contributed by atoms with van der Waals surface area (Å²) in [6.45, 7) is 0. The SMILES string of the molecule is Fc1cccc(F)c1C(Br)c1ccc(Cl)c2ccccc12. The Bertz CT molecular complexity index is 797. The van der Waals surface area contributed by atoms with Crippen LogP contribution in [0.25, 0.3) is 10.8 Å². The maximum absolute atomic E-state index is 14.0. The van der Waals surface area contributed by atoms with E-state index in [1.807, 2.05) is 24.3 Å². The van der Waals surface area contributed by atoms with Crippen LogP contribution in [0, 0.1) is 11.6 Å². The Morgan fingerprint density at radius 3 is 2.10 bits per heavy atom. The minimum absolute atomic E-state index is 0.00461. The molecule has 1 unspecified atom stereocenters. The van der Waals surface area contributed by atoms with Gasteiger partial charge in [-0.2, -0.15) is 0 Å². The Balaban J connectivity index is 2.23. The minimum Gasteiger partial charge on any atom is -0.207 e. The van der Waals surface area contributed by atoms with E-state index in [2.05, 4.69) is 15.9 Å². The predicted octanol–water partition coefficient (Wildman–Crippen LogP) is 6.26. The van der Waals surface area contributed by atoms with Crippen molar-refractivity contribution in [3.05, 3.63) is 82.4 Å². The smallest absolute Gasteiger partial charge is 0.130 e. The summed E-state index contributed by atoms with van der Waals surface area (Å²) in [6.07, 6.45) is 0. The molecule has 0 nitrogen and oxygen atoms in total. The van der Waals surface area contributed by atoms with Crippen LogP contribution >= 0.6 is 27.5 Å². The number of halogens is 4. The van der Waals surface area contributed by atoms with E-state index < -0.39 is 16.5 Å². The maximum Gasteiger partial charge on any atom is 0.130 e. The second-order valence-electron chi connectivity index (χ2n) is 4.68. The summed E-state index contributed by atoms with van der Waals surface area (Å²) in [6, 6.07) is 14.9. The summed E-state index contributed by atoms with van der Waals surface area (Å²) in [5, 5.41) is 2.34. The first-order valence-corrected chi connectivity index (χ1v) is 7.64. The third-order valence-corrected chi connectivity index (χ3v) is 4.71. The van der Waals surface area contributed by atoms with Gasteiger partial charge in [0.2, 0.25) is 0 Å². The molecule has 0 radical (unpaired) electrons. The number of benzene rings is 3. The molecule has 0 fully saturated rings. The lowest BCUT2D eigenvalue weighted by Crippen LogP contribution is -2.01. The Hall–Kier alpha value is -1.45. The van der Waals surface area contributed by atoms with Gasteiger partial charge in [-0.05, 0) is 29.1 Å². The van der Waals surface area contributed by atoms with Crippen molar-refractivity contribution in [1.29, 1.82) is 0 Å². The van der Waals surface area contributed by atoms with Crippen molar-refractivity contribution in [2.45, 2.75) is 4.83 Å². The van der Waals surface area contributed by atoms with E-state index in [9.17, 15) is 8.78 Å². The van der Waals surface area contributed by atoms with E-state index in [1.54, 1.807) is 12.1 Å². The second-order valence-corrected chi connectivity index (χ2v) is 6.00. The van der Waals surface area contributed by atoms with Crippen molar-refractivity contribution in [3.63, 3.8) is 0 Å². The highest BCUT2D eigenvalue weighted by atomic mass is 79.9. The number of alkyl halides is 1. The molecule has 0 aliphatic heterocycles. The fourth-order valence-electron chi connectivity index (χ4n) is 2.41. The van der Waals surface area contributed by atoms with Gasteiger partial charge in [0.25, 0.3) is 0 Å². The Kier molecular flexibility index (Phi) is 3.96. The van der Waals surface area contributed by atoms with Gasteiger partial charge in [0.05, 0.1) is 4.83 Å². The molecule has 0 spiro atoms. The Morgan fingerprint density at radius 2 is 1.43 bits per heavy atom. The molecule has 21 heavy (non-hydrogen) atoms. The van der Waals surface area contributed by atoms with E-state index in [0.29, 0.717) is 5.02 Å². The number of hydrogen-bond donors (Lipinski definition) is 0. The average molecular weight is 368 g/mol. The highest BCUT2D eigenvalue weighted by Gasteiger charge is 2.21. The van der Waals surface area contributed by atoms with Gasteiger partial charge in [0, 0.05) is 16.0 Å². The van der Waals surface area contributed by atoms with E-state index in [1.165, 1.54) is 18.2 Å². The Morgan fingerprint density at radius 1 is 0.810 bits per heavy atom. The average Bonchev–Trinajstić information content (AvgIpc) is 2.47. The zero-order chi connectivity index (χ0) is 15.0. The largest absolute Gasteiger partial charge is 0.207 e. The summed E-state index contributed by atoms with van der Waals surface area (Å²) < 4.78 is 27.9. The van der Waals surface area contributed by atoms with Crippen molar-refractivity contribution >= 4 is 38.3 Å². The molecular formula is C17H10BrClF2. The molecule has 0 N–H and O–H groups in total. The summed E-state index contributed by atoms with van der Waals surface area (Å²) >= 11 is 9.60. The monoisotopic (exact) mass is 366 g/mol. The molecule has 0 bridgehead atoms. The molecule has 0 aliphatic carbocycles. The van der Waals surface area contributed by atoms with E-state index in [0.717, 1.165) is 16.3 Å². The van der Waals surface area contributed by atoms with Crippen LogP contribution in [0.2, 0.25) is 5.02 Å². The van der Waals surface area contributed by atoms with E-state index >= 15 is 0 Å². The van der Waals surface area contributed by atoms with Crippen molar-refractivity contribution in [2.24, 2.45) is 0 Å². The Labute approximate surface area is 134 Å². The lowest BCUT2D eigenvalue weighted by molar-refractivity contribution is 0.561. The normalized spacial score (nSPS) is 12.6. The molecule has 0 saturated carbocycles. The van der Waals surface area contributed by atoms with Gasteiger partial charge in [-0.25, -0.2) is 8.78 Å². The number of hydrogen-bond acceptors (Lipinski definition) is 0. The van der Waals surface area contributed by atoms with Crippen LogP contribution < -0.4 is 0 Å². The second kappa shape index (κ2) is 5.74. The molecule has 0 aliphatic rings.